The van der Waals surface area contributed by atoms with Gasteiger partial charge in [0.2, 0.25) is 10.0 Å². The Labute approximate surface area is 162 Å². The van der Waals surface area contributed by atoms with E-state index in [0.29, 0.717) is 37.6 Å². The standard InChI is InChI=1S/C17H19ClN4O4S/c1-20-8-10-21(11-9-20)27(25,26)15-5-2-13(3-6-15)19-17-7-4-14(22(23)24)12-16(17)18/h2-7,12,19H,8-11H2,1H3. The Kier molecular flexibility index (Phi) is 5.66. The number of rotatable bonds is 5. The average molecular weight is 411 g/mol. The number of sulfonamides is 1. The zero-order chi connectivity index (χ0) is 19.6. The predicted molar refractivity (Wildman–Crippen MR) is 104 cm³/mol. The van der Waals surface area contributed by atoms with Gasteiger partial charge in [-0.1, -0.05) is 11.6 Å². The Morgan fingerprint density at radius 3 is 2.26 bits per heavy atom. The summed E-state index contributed by atoms with van der Waals surface area (Å²) in [5.41, 5.74) is 1.03. The predicted octanol–water partition coefficient (Wildman–Crippen LogP) is 2.93. The SMILES string of the molecule is CN1CCN(S(=O)(=O)c2ccc(Nc3ccc([N+](=O)[O-])cc3Cl)cc2)CC1. The molecule has 3 rings (SSSR count). The third kappa shape index (κ3) is 4.38. The van der Waals surface area contributed by atoms with Crippen LogP contribution >= 0.6 is 11.6 Å². The molecule has 1 heterocycles. The van der Waals surface area contributed by atoms with Gasteiger partial charge in [-0.05, 0) is 37.4 Å². The third-order valence-electron chi connectivity index (χ3n) is 4.40. The highest BCUT2D eigenvalue weighted by Gasteiger charge is 2.27. The molecular formula is C17H19ClN4O4S. The lowest BCUT2D eigenvalue weighted by Crippen LogP contribution is -2.46. The van der Waals surface area contributed by atoms with Crippen LogP contribution in [0.25, 0.3) is 0 Å². The number of likely N-dealkylation sites (N-methyl/N-ethyl adjacent to an activating group) is 1. The van der Waals surface area contributed by atoms with Crippen molar-refractivity contribution in [1.82, 2.24) is 9.21 Å². The fraction of sp³-hybridized carbons (Fsp3) is 0.294. The van der Waals surface area contributed by atoms with Gasteiger partial charge in [0.15, 0.2) is 0 Å². The number of piperazine rings is 1. The highest BCUT2D eigenvalue weighted by atomic mass is 35.5. The van der Waals surface area contributed by atoms with E-state index in [-0.39, 0.29) is 15.6 Å². The van der Waals surface area contributed by atoms with Gasteiger partial charge in [0.25, 0.3) is 5.69 Å². The lowest BCUT2D eigenvalue weighted by molar-refractivity contribution is -0.384. The van der Waals surface area contributed by atoms with Crippen molar-refractivity contribution >= 4 is 38.7 Å². The number of hydrogen-bond donors (Lipinski definition) is 1. The van der Waals surface area contributed by atoms with E-state index in [1.54, 1.807) is 12.1 Å². The molecule has 10 heteroatoms. The van der Waals surface area contributed by atoms with Crippen molar-refractivity contribution in [2.45, 2.75) is 4.90 Å². The molecular weight excluding hydrogens is 392 g/mol. The second-order valence-corrected chi connectivity index (χ2v) is 8.62. The second-order valence-electron chi connectivity index (χ2n) is 6.28. The molecule has 0 radical (unpaired) electrons. The zero-order valence-corrected chi connectivity index (χ0v) is 16.2. The van der Waals surface area contributed by atoms with Crippen molar-refractivity contribution in [3.05, 3.63) is 57.6 Å². The molecule has 0 spiro atoms. The summed E-state index contributed by atoms with van der Waals surface area (Å²) in [5.74, 6) is 0. The fourth-order valence-electron chi connectivity index (χ4n) is 2.76. The first-order chi connectivity index (χ1) is 12.8. The van der Waals surface area contributed by atoms with Crippen LogP contribution < -0.4 is 5.32 Å². The highest BCUT2D eigenvalue weighted by molar-refractivity contribution is 7.89. The van der Waals surface area contributed by atoms with Crippen LogP contribution in [0, 0.1) is 10.1 Å². The van der Waals surface area contributed by atoms with E-state index < -0.39 is 14.9 Å². The summed E-state index contributed by atoms with van der Waals surface area (Å²) in [6.45, 7) is 2.35. The van der Waals surface area contributed by atoms with E-state index >= 15 is 0 Å². The van der Waals surface area contributed by atoms with Gasteiger partial charge in [0, 0.05) is 44.0 Å². The van der Waals surface area contributed by atoms with E-state index in [2.05, 4.69) is 10.2 Å². The number of nitrogens with zero attached hydrogens (tertiary/aromatic N) is 3. The maximum Gasteiger partial charge on any atom is 0.271 e. The summed E-state index contributed by atoms with van der Waals surface area (Å²) in [5, 5.41) is 14.0. The van der Waals surface area contributed by atoms with Crippen LogP contribution in [-0.2, 0) is 10.0 Å². The number of benzene rings is 2. The summed E-state index contributed by atoms with van der Waals surface area (Å²) in [7, 11) is -1.55. The van der Waals surface area contributed by atoms with Crippen LogP contribution in [0.3, 0.4) is 0 Å². The van der Waals surface area contributed by atoms with Crippen molar-refractivity contribution in [2.24, 2.45) is 0 Å². The molecule has 1 aliphatic rings. The Morgan fingerprint density at radius 2 is 1.70 bits per heavy atom. The number of non-ortho nitro benzene ring substituents is 1. The number of nitro groups is 1. The Morgan fingerprint density at radius 1 is 1.07 bits per heavy atom. The summed E-state index contributed by atoms with van der Waals surface area (Å²) < 4.78 is 26.9. The second kappa shape index (κ2) is 7.81. The van der Waals surface area contributed by atoms with Crippen LogP contribution in [0.15, 0.2) is 47.4 Å². The molecule has 1 aliphatic heterocycles. The zero-order valence-electron chi connectivity index (χ0n) is 14.6. The Bertz CT molecular complexity index is 942. The van der Waals surface area contributed by atoms with Gasteiger partial charge in [0.05, 0.1) is 20.5 Å². The fourth-order valence-corrected chi connectivity index (χ4v) is 4.41. The van der Waals surface area contributed by atoms with Crippen molar-refractivity contribution < 1.29 is 13.3 Å². The molecule has 1 fully saturated rings. The number of nitro benzene ring substituents is 1. The van der Waals surface area contributed by atoms with Crippen molar-refractivity contribution in [3.8, 4) is 0 Å². The average Bonchev–Trinajstić information content (AvgIpc) is 2.64. The van der Waals surface area contributed by atoms with Gasteiger partial charge in [-0.2, -0.15) is 4.31 Å². The number of halogens is 1. The van der Waals surface area contributed by atoms with Crippen molar-refractivity contribution in [3.63, 3.8) is 0 Å². The first-order valence-electron chi connectivity index (χ1n) is 8.27. The van der Waals surface area contributed by atoms with Gasteiger partial charge < -0.3 is 10.2 Å². The van der Waals surface area contributed by atoms with Crippen molar-refractivity contribution in [2.75, 3.05) is 38.5 Å². The van der Waals surface area contributed by atoms with Gasteiger partial charge in [-0.15, -0.1) is 0 Å². The van der Waals surface area contributed by atoms with E-state index in [1.165, 1.54) is 34.6 Å². The molecule has 0 atom stereocenters. The monoisotopic (exact) mass is 410 g/mol. The molecule has 8 nitrogen and oxygen atoms in total. The van der Waals surface area contributed by atoms with Gasteiger partial charge in [-0.3, -0.25) is 10.1 Å². The van der Waals surface area contributed by atoms with Crippen molar-refractivity contribution in [1.29, 1.82) is 0 Å². The molecule has 0 aromatic heterocycles. The maximum atomic E-state index is 12.7. The molecule has 144 valence electrons. The molecule has 0 saturated carbocycles. The largest absolute Gasteiger partial charge is 0.354 e. The van der Waals surface area contributed by atoms with Crippen LogP contribution in [0.1, 0.15) is 0 Å². The first kappa shape index (κ1) is 19.6. The molecule has 0 unspecified atom stereocenters. The van der Waals surface area contributed by atoms with E-state index in [4.69, 9.17) is 11.6 Å². The van der Waals surface area contributed by atoms with Gasteiger partial charge in [0.1, 0.15) is 0 Å². The number of anilines is 2. The highest BCUT2D eigenvalue weighted by Crippen LogP contribution is 2.30. The summed E-state index contributed by atoms with van der Waals surface area (Å²) in [6.07, 6.45) is 0. The Balaban J connectivity index is 1.75. The van der Waals surface area contributed by atoms with Gasteiger partial charge in [-0.25, -0.2) is 8.42 Å². The smallest absolute Gasteiger partial charge is 0.271 e. The Hall–Kier alpha value is -2.20. The molecule has 27 heavy (non-hydrogen) atoms. The number of hydrogen-bond acceptors (Lipinski definition) is 6. The minimum Gasteiger partial charge on any atom is -0.354 e. The molecule has 1 N–H and O–H groups in total. The molecule has 0 aliphatic carbocycles. The van der Waals surface area contributed by atoms with Crippen LogP contribution in [0.5, 0.6) is 0 Å². The topological polar surface area (TPSA) is 95.8 Å². The molecule has 0 amide bonds. The van der Waals surface area contributed by atoms with E-state index in [0.717, 1.165) is 0 Å². The van der Waals surface area contributed by atoms with Crippen LogP contribution in [0.4, 0.5) is 17.1 Å². The summed E-state index contributed by atoms with van der Waals surface area (Å²) in [6, 6.07) is 10.5. The molecule has 2 aromatic rings. The maximum absolute atomic E-state index is 12.7. The molecule has 2 aromatic carbocycles. The lowest BCUT2D eigenvalue weighted by atomic mass is 10.2. The first-order valence-corrected chi connectivity index (χ1v) is 10.1. The summed E-state index contributed by atoms with van der Waals surface area (Å²) in [4.78, 5) is 12.6. The quantitative estimate of drug-likeness (QED) is 0.601. The summed E-state index contributed by atoms with van der Waals surface area (Å²) >= 11 is 6.07. The molecule has 0 bridgehead atoms. The minimum absolute atomic E-state index is 0.0980. The number of nitrogens with one attached hydrogen (secondary N) is 1. The molecule has 1 saturated heterocycles. The minimum atomic E-state index is -3.52. The van der Waals surface area contributed by atoms with E-state index in [9.17, 15) is 18.5 Å². The lowest BCUT2D eigenvalue weighted by Gasteiger charge is -2.31. The third-order valence-corrected chi connectivity index (χ3v) is 6.62. The van der Waals surface area contributed by atoms with E-state index in [1.807, 2.05) is 7.05 Å². The van der Waals surface area contributed by atoms with Crippen LogP contribution in [-0.4, -0.2) is 55.8 Å². The van der Waals surface area contributed by atoms with Gasteiger partial charge >= 0.3 is 0 Å². The van der Waals surface area contributed by atoms with Crippen LogP contribution in [0.2, 0.25) is 5.02 Å². The normalized spacial score (nSPS) is 16.2.